The molecule has 142 valence electrons. The van der Waals surface area contributed by atoms with Crippen LogP contribution in [0, 0.1) is 0 Å². The molecule has 1 aromatic carbocycles. The summed E-state index contributed by atoms with van der Waals surface area (Å²) in [6.45, 7) is 0.0868. The first-order valence-corrected chi connectivity index (χ1v) is 8.22. The number of aromatic nitrogens is 1. The van der Waals surface area contributed by atoms with Crippen molar-refractivity contribution in [3.8, 4) is 0 Å². The molecule has 0 aliphatic heterocycles. The van der Waals surface area contributed by atoms with Crippen LogP contribution in [-0.2, 0) is 6.18 Å². The molecule has 1 atom stereocenters. The lowest BCUT2D eigenvalue weighted by Gasteiger charge is -2.23. The number of likely N-dealkylation sites (N-methyl/N-ethyl adjacent to an activating group) is 1. The smallest absolute Gasteiger partial charge is 0.417 e. The Morgan fingerprint density at radius 2 is 1.96 bits per heavy atom. The predicted molar refractivity (Wildman–Crippen MR) is 94.2 cm³/mol. The summed E-state index contributed by atoms with van der Waals surface area (Å²) in [5.74, 6) is -0.230. The Balaban J connectivity index is 1.92. The summed E-state index contributed by atoms with van der Waals surface area (Å²) in [6.07, 6.45) is -2.21. The zero-order valence-corrected chi connectivity index (χ0v) is 14.7. The Morgan fingerprint density at radius 3 is 2.59 bits per heavy atom. The number of nitrogens with zero attached hydrogens (tertiary/aromatic N) is 2. The van der Waals surface area contributed by atoms with E-state index in [1.165, 1.54) is 24.5 Å². The molecule has 1 amide bonds. The molecule has 1 unspecified atom stereocenters. The topological polar surface area (TPSA) is 58.4 Å². The van der Waals surface area contributed by atoms with Crippen LogP contribution in [0.1, 0.15) is 27.7 Å². The monoisotopic (exact) mass is 377 g/mol. The number of nitrogens with one attached hydrogen (secondary N) is 1. The lowest BCUT2D eigenvalue weighted by atomic mass is 10.0. The van der Waals surface area contributed by atoms with Crippen LogP contribution in [0.4, 0.5) is 13.2 Å². The Labute approximate surface area is 153 Å². The minimum Gasteiger partial charge on any atom is -0.468 e. The van der Waals surface area contributed by atoms with E-state index in [2.05, 4.69) is 10.3 Å². The number of carbonyl (C=O) groups is 1. The predicted octanol–water partition coefficient (Wildman–Crippen LogP) is 3.88. The second kappa shape index (κ2) is 7.40. The first kappa shape index (κ1) is 18.9. The Bertz CT molecular complexity index is 937. The van der Waals surface area contributed by atoms with Crippen molar-refractivity contribution in [1.29, 1.82) is 0 Å². The lowest BCUT2D eigenvalue weighted by Crippen LogP contribution is -2.35. The number of pyridine rings is 1. The molecule has 0 saturated heterocycles. The summed E-state index contributed by atoms with van der Waals surface area (Å²) in [5.41, 5.74) is -1.30. The van der Waals surface area contributed by atoms with Gasteiger partial charge in [-0.05, 0) is 32.3 Å². The van der Waals surface area contributed by atoms with Gasteiger partial charge in [-0.1, -0.05) is 18.2 Å². The Hall–Kier alpha value is -2.87. The molecule has 0 fully saturated rings. The highest BCUT2D eigenvalue weighted by Crippen LogP contribution is 2.36. The average Bonchev–Trinajstić information content (AvgIpc) is 3.13. The van der Waals surface area contributed by atoms with Gasteiger partial charge in [0.2, 0.25) is 0 Å². The number of carbonyl (C=O) groups excluding carboxylic acids is 1. The molecule has 2 heterocycles. The zero-order chi connectivity index (χ0) is 19.6. The van der Waals surface area contributed by atoms with Crippen LogP contribution in [0.3, 0.4) is 0 Å². The second-order valence-electron chi connectivity index (χ2n) is 6.27. The largest absolute Gasteiger partial charge is 0.468 e. The fraction of sp³-hybridized carbons (Fsp3) is 0.263. The van der Waals surface area contributed by atoms with Gasteiger partial charge in [0.1, 0.15) is 5.76 Å². The van der Waals surface area contributed by atoms with Crippen LogP contribution in [0.25, 0.3) is 10.9 Å². The number of alkyl halides is 3. The van der Waals surface area contributed by atoms with E-state index in [4.69, 9.17) is 4.42 Å². The summed E-state index contributed by atoms with van der Waals surface area (Å²) < 4.78 is 46.3. The van der Waals surface area contributed by atoms with E-state index in [1.807, 2.05) is 4.90 Å². The number of furan rings is 1. The molecule has 0 spiro atoms. The van der Waals surface area contributed by atoms with Crippen LogP contribution in [0.15, 0.2) is 53.3 Å². The molecule has 5 nitrogen and oxygen atoms in total. The zero-order valence-electron chi connectivity index (χ0n) is 14.7. The summed E-state index contributed by atoms with van der Waals surface area (Å²) in [7, 11) is 3.58. The minimum atomic E-state index is -4.68. The number of hydrogen-bond acceptors (Lipinski definition) is 4. The van der Waals surface area contributed by atoms with Gasteiger partial charge in [-0.3, -0.25) is 14.7 Å². The van der Waals surface area contributed by atoms with Crippen molar-refractivity contribution in [1.82, 2.24) is 15.2 Å². The van der Waals surface area contributed by atoms with Crippen molar-refractivity contribution in [2.45, 2.75) is 12.2 Å². The average molecular weight is 377 g/mol. The fourth-order valence-electron chi connectivity index (χ4n) is 2.92. The number of amides is 1. The van der Waals surface area contributed by atoms with Gasteiger partial charge in [-0.25, -0.2) is 0 Å². The summed E-state index contributed by atoms with van der Waals surface area (Å²) >= 11 is 0. The van der Waals surface area contributed by atoms with Gasteiger partial charge in [-0.2, -0.15) is 13.2 Å². The molecule has 0 radical (unpaired) electrons. The summed E-state index contributed by atoms with van der Waals surface area (Å²) in [6, 6.07) is 9.02. The van der Waals surface area contributed by atoms with E-state index in [-0.39, 0.29) is 23.5 Å². The van der Waals surface area contributed by atoms with Gasteiger partial charge >= 0.3 is 6.18 Å². The maximum Gasteiger partial charge on any atom is 0.417 e. The molecular formula is C19H18F3N3O2. The Morgan fingerprint density at radius 1 is 1.22 bits per heavy atom. The molecule has 0 aliphatic rings. The molecule has 3 rings (SSSR count). The number of halogens is 3. The number of fused-ring (bicyclic) bond motifs is 1. The highest BCUT2D eigenvalue weighted by atomic mass is 19.4. The maximum atomic E-state index is 13.7. The van der Waals surface area contributed by atoms with Gasteiger partial charge < -0.3 is 9.73 Å². The van der Waals surface area contributed by atoms with E-state index in [9.17, 15) is 18.0 Å². The minimum absolute atomic E-state index is 0.0868. The molecule has 0 aliphatic carbocycles. The van der Waals surface area contributed by atoms with E-state index in [0.29, 0.717) is 5.76 Å². The third-order valence-electron chi connectivity index (χ3n) is 4.25. The first-order chi connectivity index (χ1) is 12.8. The Kier molecular flexibility index (Phi) is 5.18. The van der Waals surface area contributed by atoms with E-state index in [1.54, 1.807) is 32.3 Å². The molecule has 0 bridgehead atoms. The second-order valence-corrected chi connectivity index (χ2v) is 6.27. The standard InChI is InChI=1S/C19H18F3N3O2/c1-25(2)15(16-8-5-9-27-16)11-24-18(26)13-10-23-14-7-4-3-6-12(14)17(13)19(20,21)22/h3-10,15H,11H2,1-2H3,(H,24,26). The van der Waals surface area contributed by atoms with E-state index >= 15 is 0 Å². The highest BCUT2D eigenvalue weighted by Gasteiger charge is 2.37. The van der Waals surface area contributed by atoms with Gasteiger partial charge in [0, 0.05) is 18.1 Å². The third-order valence-corrected chi connectivity index (χ3v) is 4.25. The van der Waals surface area contributed by atoms with Gasteiger partial charge in [0.15, 0.2) is 0 Å². The third kappa shape index (κ3) is 3.95. The van der Waals surface area contributed by atoms with Crippen LogP contribution >= 0.6 is 0 Å². The van der Waals surface area contributed by atoms with Crippen molar-refractivity contribution in [2.24, 2.45) is 0 Å². The molecule has 1 N–H and O–H groups in total. The molecule has 3 aromatic rings. The van der Waals surface area contributed by atoms with Crippen LogP contribution in [0.5, 0.6) is 0 Å². The van der Waals surface area contributed by atoms with Crippen LogP contribution in [-0.4, -0.2) is 36.4 Å². The lowest BCUT2D eigenvalue weighted by molar-refractivity contribution is -0.136. The number of rotatable bonds is 5. The quantitative estimate of drug-likeness (QED) is 0.733. The van der Waals surface area contributed by atoms with Crippen molar-refractivity contribution < 1.29 is 22.4 Å². The van der Waals surface area contributed by atoms with Crippen molar-refractivity contribution >= 4 is 16.8 Å². The number of para-hydroxylation sites is 1. The molecule has 2 aromatic heterocycles. The highest BCUT2D eigenvalue weighted by molar-refractivity contribution is 6.00. The van der Waals surface area contributed by atoms with Crippen molar-refractivity contribution in [3.63, 3.8) is 0 Å². The van der Waals surface area contributed by atoms with Crippen LogP contribution in [0.2, 0.25) is 0 Å². The van der Waals surface area contributed by atoms with Crippen molar-refractivity contribution in [3.05, 3.63) is 65.7 Å². The summed E-state index contributed by atoms with van der Waals surface area (Å²) in [5, 5.41) is 2.46. The summed E-state index contributed by atoms with van der Waals surface area (Å²) in [4.78, 5) is 18.4. The van der Waals surface area contributed by atoms with Gasteiger partial charge in [0.25, 0.3) is 5.91 Å². The molecular weight excluding hydrogens is 359 g/mol. The van der Waals surface area contributed by atoms with Gasteiger partial charge in [-0.15, -0.1) is 0 Å². The SMILES string of the molecule is CN(C)C(CNC(=O)c1cnc2ccccc2c1C(F)(F)F)c1ccco1. The van der Waals surface area contributed by atoms with Crippen LogP contribution < -0.4 is 5.32 Å². The maximum absolute atomic E-state index is 13.7. The number of benzene rings is 1. The fourth-order valence-corrected chi connectivity index (χ4v) is 2.92. The van der Waals surface area contributed by atoms with E-state index in [0.717, 1.165) is 6.20 Å². The normalized spacial score (nSPS) is 13.1. The number of hydrogen-bond donors (Lipinski definition) is 1. The van der Waals surface area contributed by atoms with Gasteiger partial charge in [0.05, 0.1) is 28.9 Å². The molecule has 0 saturated carbocycles. The first-order valence-electron chi connectivity index (χ1n) is 8.22. The molecule has 8 heteroatoms. The van der Waals surface area contributed by atoms with Crippen molar-refractivity contribution in [2.75, 3.05) is 20.6 Å². The molecule has 27 heavy (non-hydrogen) atoms. The van der Waals surface area contributed by atoms with E-state index < -0.39 is 23.2 Å².